The number of sulfonamides is 1. The van der Waals surface area contributed by atoms with Gasteiger partial charge in [0, 0.05) is 5.02 Å². The quantitative estimate of drug-likeness (QED) is 0.562. The molecule has 0 radical (unpaired) electrons. The first-order valence-electron chi connectivity index (χ1n) is 8.42. The van der Waals surface area contributed by atoms with Crippen LogP contribution in [0.25, 0.3) is 0 Å². The molecule has 0 N–H and O–H groups in total. The monoisotopic (exact) mass is 401 g/mol. The standard InChI is InChI=1S/C21H20ClNO3S/c1-16(17-8-6-11-20(14-17)26-2)23(19-10-7-9-18(22)15-19)27(24,25)21-12-4-3-5-13-21/h3-16H,1-2H3/t16-/m0/s1. The Labute approximate surface area is 165 Å². The highest BCUT2D eigenvalue weighted by Gasteiger charge is 2.30. The minimum absolute atomic E-state index is 0.222. The number of hydrogen-bond donors (Lipinski definition) is 0. The van der Waals surface area contributed by atoms with E-state index in [9.17, 15) is 8.42 Å². The van der Waals surface area contributed by atoms with E-state index >= 15 is 0 Å². The summed E-state index contributed by atoms with van der Waals surface area (Å²) in [7, 11) is -2.22. The first-order chi connectivity index (χ1) is 12.9. The van der Waals surface area contributed by atoms with E-state index in [1.54, 1.807) is 61.7 Å². The molecule has 0 bridgehead atoms. The Morgan fingerprint density at radius 3 is 2.30 bits per heavy atom. The SMILES string of the molecule is COc1cccc([C@H](C)N(c2cccc(Cl)c2)S(=O)(=O)c2ccccc2)c1. The van der Waals surface area contributed by atoms with Gasteiger partial charge < -0.3 is 4.74 Å². The maximum absolute atomic E-state index is 13.5. The molecule has 6 heteroatoms. The first kappa shape index (κ1) is 19.3. The van der Waals surface area contributed by atoms with E-state index in [1.807, 2.05) is 31.2 Å². The molecule has 0 unspecified atom stereocenters. The molecular formula is C21H20ClNO3S. The molecule has 0 amide bonds. The zero-order chi connectivity index (χ0) is 19.4. The highest BCUT2D eigenvalue weighted by molar-refractivity contribution is 7.92. The Kier molecular flexibility index (Phi) is 5.73. The molecule has 3 rings (SSSR count). The van der Waals surface area contributed by atoms with Crippen LogP contribution in [0, 0.1) is 0 Å². The molecule has 0 spiro atoms. The zero-order valence-corrected chi connectivity index (χ0v) is 16.6. The lowest BCUT2D eigenvalue weighted by atomic mass is 10.1. The van der Waals surface area contributed by atoms with Gasteiger partial charge in [0.25, 0.3) is 10.0 Å². The Bertz CT molecular complexity index is 1020. The van der Waals surface area contributed by atoms with Gasteiger partial charge >= 0.3 is 0 Å². The summed E-state index contributed by atoms with van der Waals surface area (Å²) in [5.41, 5.74) is 1.32. The van der Waals surface area contributed by atoms with Crippen LogP contribution < -0.4 is 9.04 Å². The van der Waals surface area contributed by atoms with Crippen molar-refractivity contribution in [3.8, 4) is 5.75 Å². The van der Waals surface area contributed by atoms with Gasteiger partial charge in [-0.05, 0) is 55.0 Å². The third kappa shape index (κ3) is 4.10. The number of nitrogens with zero attached hydrogens (tertiary/aromatic N) is 1. The predicted molar refractivity (Wildman–Crippen MR) is 109 cm³/mol. The summed E-state index contributed by atoms with van der Waals surface area (Å²) in [6.07, 6.45) is 0. The largest absolute Gasteiger partial charge is 0.497 e. The molecule has 0 aliphatic carbocycles. The lowest BCUT2D eigenvalue weighted by molar-refractivity contribution is 0.414. The van der Waals surface area contributed by atoms with Crippen molar-refractivity contribution in [1.29, 1.82) is 0 Å². The van der Waals surface area contributed by atoms with Crippen LogP contribution in [-0.4, -0.2) is 15.5 Å². The lowest BCUT2D eigenvalue weighted by Gasteiger charge is -2.31. The second-order valence-corrected chi connectivity index (χ2v) is 8.30. The van der Waals surface area contributed by atoms with Gasteiger partial charge in [-0.1, -0.05) is 48.0 Å². The smallest absolute Gasteiger partial charge is 0.264 e. The first-order valence-corrected chi connectivity index (χ1v) is 10.2. The average Bonchev–Trinajstić information content (AvgIpc) is 2.68. The van der Waals surface area contributed by atoms with Gasteiger partial charge in [0.1, 0.15) is 5.75 Å². The van der Waals surface area contributed by atoms with Crippen molar-refractivity contribution in [2.24, 2.45) is 0 Å². The van der Waals surface area contributed by atoms with E-state index in [2.05, 4.69) is 0 Å². The highest BCUT2D eigenvalue weighted by Crippen LogP contribution is 2.35. The molecule has 4 nitrogen and oxygen atoms in total. The van der Waals surface area contributed by atoms with Gasteiger partial charge in [-0.15, -0.1) is 0 Å². The second kappa shape index (κ2) is 8.03. The van der Waals surface area contributed by atoms with Gasteiger partial charge in [0.2, 0.25) is 0 Å². The molecule has 3 aromatic carbocycles. The molecule has 0 aromatic heterocycles. The van der Waals surface area contributed by atoms with Crippen LogP contribution in [-0.2, 0) is 10.0 Å². The van der Waals surface area contributed by atoms with Crippen molar-refractivity contribution < 1.29 is 13.2 Å². The van der Waals surface area contributed by atoms with Crippen LogP contribution in [0.5, 0.6) is 5.75 Å². The third-order valence-electron chi connectivity index (χ3n) is 4.29. The Hall–Kier alpha value is -2.50. The van der Waals surface area contributed by atoms with Crippen molar-refractivity contribution >= 4 is 27.3 Å². The van der Waals surface area contributed by atoms with Gasteiger partial charge in [-0.3, -0.25) is 4.31 Å². The van der Waals surface area contributed by atoms with Crippen LogP contribution in [0.4, 0.5) is 5.69 Å². The fourth-order valence-corrected chi connectivity index (χ4v) is 4.77. The number of halogens is 1. The van der Waals surface area contributed by atoms with Crippen LogP contribution in [0.1, 0.15) is 18.5 Å². The minimum Gasteiger partial charge on any atom is -0.497 e. The molecule has 1 atom stereocenters. The molecule has 0 heterocycles. The molecule has 140 valence electrons. The summed E-state index contributed by atoms with van der Waals surface area (Å²) < 4.78 is 33.6. The molecule has 3 aromatic rings. The van der Waals surface area contributed by atoms with Crippen LogP contribution in [0.15, 0.2) is 83.8 Å². The van der Waals surface area contributed by atoms with Crippen molar-refractivity contribution in [2.75, 3.05) is 11.4 Å². The Morgan fingerprint density at radius 1 is 0.926 bits per heavy atom. The van der Waals surface area contributed by atoms with Crippen LogP contribution >= 0.6 is 11.6 Å². The summed E-state index contributed by atoms with van der Waals surface area (Å²) >= 11 is 6.14. The van der Waals surface area contributed by atoms with E-state index in [0.717, 1.165) is 5.56 Å². The minimum atomic E-state index is -3.80. The summed E-state index contributed by atoms with van der Waals surface area (Å²) in [6.45, 7) is 1.84. The average molecular weight is 402 g/mol. The lowest BCUT2D eigenvalue weighted by Crippen LogP contribution is -2.33. The molecule has 0 fully saturated rings. The van der Waals surface area contributed by atoms with Crippen molar-refractivity contribution in [3.05, 3.63) is 89.4 Å². The summed E-state index contributed by atoms with van der Waals surface area (Å²) in [6, 6.07) is 22.1. The van der Waals surface area contributed by atoms with Crippen LogP contribution in [0.2, 0.25) is 5.02 Å². The number of rotatable bonds is 6. The molecule has 0 saturated heterocycles. The summed E-state index contributed by atoms with van der Waals surface area (Å²) in [5, 5.41) is 0.471. The number of benzene rings is 3. The number of anilines is 1. The van der Waals surface area contributed by atoms with E-state index in [0.29, 0.717) is 16.5 Å². The number of ether oxygens (including phenoxy) is 1. The fourth-order valence-electron chi connectivity index (χ4n) is 2.93. The topological polar surface area (TPSA) is 46.6 Å². The van der Waals surface area contributed by atoms with Crippen molar-refractivity contribution in [3.63, 3.8) is 0 Å². The van der Waals surface area contributed by atoms with Crippen LogP contribution in [0.3, 0.4) is 0 Å². The predicted octanol–water partition coefficient (Wildman–Crippen LogP) is 5.31. The molecule has 0 aliphatic heterocycles. The molecule has 27 heavy (non-hydrogen) atoms. The second-order valence-electron chi connectivity index (χ2n) is 6.05. The van der Waals surface area contributed by atoms with E-state index in [4.69, 9.17) is 16.3 Å². The normalized spacial score (nSPS) is 12.4. The van der Waals surface area contributed by atoms with Gasteiger partial charge in [-0.25, -0.2) is 8.42 Å². The highest BCUT2D eigenvalue weighted by atomic mass is 35.5. The maximum atomic E-state index is 13.5. The fraction of sp³-hybridized carbons (Fsp3) is 0.143. The Morgan fingerprint density at radius 2 is 1.63 bits per heavy atom. The Balaban J connectivity index is 2.16. The summed E-state index contributed by atoms with van der Waals surface area (Å²) in [4.78, 5) is 0.222. The van der Waals surface area contributed by atoms with Gasteiger partial charge in [0.05, 0.1) is 23.7 Å². The van der Waals surface area contributed by atoms with Gasteiger partial charge in [-0.2, -0.15) is 0 Å². The molecule has 0 saturated carbocycles. The van der Waals surface area contributed by atoms with Crippen molar-refractivity contribution in [2.45, 2.75) is 17.9 Å². The maximum Gasteiger partial charge on any atom is 0.264 e. The molecule has 0 aliphatic rings. The van der Waals surface area contributed by atoms with E-state index < -0.39 is 16.1 Å². The molecular weight excluding hydrogens is 382 g/mol. The summed E-state index contributed by atoms with van der Waals surface area (Å²) in [5.74, 6) is 0.669. The number of methoxy groups -OCH3 is 1. The number of hydrogen-bond acceptors (Lipinski definition) is 3. The van der Waals surface area contributed by atoms with E-state index in [1.165, 1.54) is 4.31 Å². The van der Waals surface area contributed by atoms with Crippen molar-refractivity contribution in [1.82, 2.24) is 0 Å². The third-order valence-corrected chi connectivity index (χ3v) is 6.44. The van der Waals surface area contributed by atoms with E-state index in [-0.39, 0.29) is 4.90 Å². The zero-order valence-electron chi connectivity index (χ0n) is 15.0. The van der Waals surface area contributed by atoms with Gasteiger partial charge in [0.15, 0.2) is 0 Å².